The number of ether oxygens (including phenoxy) is 1. The molecule has 2 saturated heterocycles. The van der Waals surface area contributed by atoms with Crippen LogP contribution in [0.5, 0.6) is 0 Å². The molecule has 4 rings (SSSR count). The summed E-state index contributed by atoms with van der Waals surface area (Å²) < 4.78 is 19.5. The summed E-state index contributed by atoms with van der Waals surface area (Å²) in [4.78, 5) is 11.6. The van der Waals surface area contributed by atoms with Gasteiger partial charge in [-0.25, -0.2) is 9.38 Å². The largest absolute Gasteiger partial charge is 0.378 e. The van der Waals surface area contributed by atoms with E-state index < -0.39 is 0 Å². The van der Waals surface area contributed by atoms with Crippen LogP contribution in [-0.2, 0) is 11.3 Å². The Hall–Kier alpha value is -2.80. The Morgan fingerprint density at radius 2 is 1.65 bits per heavy atom. The molecule has 0 amide bonds. The minimum absolute atomic E-state index is 0.156. The molecule has 2 fully saturated rings. The van der Waals surface area contributed by atoms with E-state index in [1.807, 2.05) is 12.1 Å². The molecule has 0 radical (unpaired) electrons. The Balaban J connectivity index is 1.35. The van der Waals surface area contributed by atoms with Crippen LogP contribution in [0, 0.1) is 5.82 Å². The molecule has 2 aliphatic rings. The molecule has 2 aromatic rings. The van der Waals surface area contributed by atoms with Gasteiger partial charge in [0.15, 0.2) is 5.96 Å². The molecule has 0 unspecified atom stereocenters. The number of hydrogen-bond donors (Lipinski definition) is 1. The van der Waals surface area contributed by atoms with Gasteiger partial charge in [0.1, 0.15) is 5.82 Å². The number of morpholine rings is 1. The zero-order chi connectivity index (χ0) is 21.5. The van der Waals surface area contributed by atoms with E-state index in [1.165, 1.54) is 17.3 Å². The average Bonchev–Trinajstić information content (AvgIpc) is 2.83. The highest BCUT2D eigenvalue weighted by atomic mass is 19.1. The van der Waals surface area contributed by atoms with Crippen LogP contribution >= 0.6 is 0 Å². The Bertz CT molecular complexity index is 859. The first kappa shape index (κ1) is 21.4. The van der Waals surface area contributed by atoms with Gasteiger partial charge in [0, 0.05) is 51.5 Å². The fourth-order valence-corrected chi connectivity index (χ4v) is 4.09. The molecule has 0 saturated carbocycles. The molecule has 2 heterocycles. The lowest BCUT2D eigenvalue weighted by Gasteiger charge is -2.37. The number of anilines is 2. The van der Waals surface area contributed by atoms with E-state index >= 15 is 0 Å². The molecular weight excluding hydrogens is 393 g/mol. The number of hydrogen-bond acceptors (Lipinski definition) is 4. The van der Waals surface area contributed by atoms with Crippen molar-refractivity contribution in [2.75, 3.05) is 68.8 Å². The van der Waals surface area contributed by atoms with Crippen LogP contribution in [0.1, 0.15) is 12.5 Å². The smallest absolute Gasteiger partial charge is 0.194 e. The Labute approximate surface area is 184 Å². The van der Waals surface area contributed by atoms with Gasteiger partial charge in [0.05, 0.1) is 25.4 Å². The van der Waals surface area contributed by atoms with Crippen LogP contribution < -0.4 is 15.1 Å². The number of piperazine rings is 1. The van der Waals surface area contributed by atoms with Crippen molar-refractivity contribution in [3.05, 3.63) is 59.9 Å². The van der Waals surface area contributed by atoms with Gasteiger partial charge in [-0.15, -0.1) is 0 Å². The summed E-state index contributed by atoms with van der Waals surface area (Å²) in [5, 5.41) is 3.41. The second-order valence-electron chi connectivity index (χ2n) is 7.86. The van der Waals surface area contributed by atoms with Crippen molar-refractivity contribution in [2.45, 2.75) is 13.5 Å². The molecular formula is C24H32FN5O. The highest BCUT2D eigenvalue weighted by Crippen LogP contribution is 2.20. The van der Waals surface area contributed by atoms with Crippen molar-refractivity contribution in [3.63, 3.8) is 0 Å². The number of para-hydroxylation sites is 1. The van der Waals surface area contributed by atoms with E-state index in [1.54, 1.807) is 6.07 Å². The summed E-state index contributed by atoms with van der Waals surface area (Å²) in [7, 11) is 0. The fourth-order valence-electron chi connectivity index (χ4n) is 4.09. The SMILES string of the molecule is CCNC(=NCc1ccc(N2CCOCC2)cc1)N1CCN(c2ccccc2F)CC1. The minimum Gasteiger partial charge on any atom is -0.378 e. The maximum atomic E-state index is 14.1. The van der Waals surface area contributed by atoms with Crippen molar-refractivity contribution >= 4 is 17.3 Å². The second-order valence-corrected chi connectivity index (χ2v) is 7.86. The Morgan fingerprint density at radius 3 is 2.32 bits per heavy atom. The average molecular weight is 426 g/mol. The maximum Gasteiger partial charge on any atom is 0.194 e. The monoisotopic (exact) mass is 425 g/mol. The van der Waals surface area contributed by atoms with E-state index in [9.17, 15) is 4.39 Å². The molecule has 0 aliphatic carbocycles. The molecule has 0 aromatic heterocycles. The molecule has 0 bridgehead atoms. The number of nitrogens with one attached hydrogen (secondary N) is 1. The second kappa shape index (κ2) is 10.5. The molecule has 0 spiro atoms. The van der Waals surface area contributed by atoms with Crippen LogP contribution in [0.25, 0.3) is 0 Å². The number of halogens is 1. The number of guanidine groups is 1. The van der Waals surface area contributed by atoms with Crippen molar-refractivity contribution < 1.29 is 9.13 Å². The van der Waals surface area contributed by atoms with Crippen LogP contribution in [0.4, 0.5) is 15.8 Å². The fraction of sp³-hybridized carbons (Fsp3) is 0.458. The zero-order valence-corrected chi connectivity index (χ0v) is 18.3. The van der Waals surface area contributed by atoms with Gasteiger partial charge in [-0.05, 0) is 36.8 Å². The number of nitrogens with zero attached hydrogens (tertiary/aromatic N) is 4. The lowest BCUT2D eigenvalue weighted by atomic mass is 10.2. The summed E-state index contributed by atoms with van der Waals surface area (Å²) in [5.74, 6) is 0.769. The first-order chi connectivity index (χ1) is 15.2. The molecule has 2 aliphatic heterocycles. The third kappa shape index (κ3) is 5.47. The molecule has 31 heavy (non-hydrogen) atoms. The minimum atomic E-state index is -0.156. The van der Waals surface area contributed by atoms with E-state index in [-0.39, 0.29) is 5.82 Å². The molecule has 166 valence electrons. The van der Waals surface area contributed by atoms with Crippen molar-refractivity contribution in [1.29, 1.82) is 0 Å². The maximum absolute atomic E-state index is 14.1. The third-order valence-electron chi connectivity index (χ3n) is 5.83. The standard InChI is InChI=1S/C24H32FN5O/c1-2-26-24(30-13-11-29(12-14-30)23-6-4-3-5-22(23)25)27-19-20-7-9-21(10-8-20)28-15-17-31-18-16-28/h3-10H,2,11-19H2,1H3,(H,26,27). The molecule has 2 aromatic carbocycles. The summed E-state index contributed by atoms with van der Waals surface area (Å²) >= 11 is 0. The van der Waals surface area contributed by atoms with Crippen LogP contribution in [0.2, 0.25) is 0 Å². The summed E-state index contributed by atoms with van der Waals surface area (Å²) in [6.07, 6.45) is 0. The van der Waals surface area contributed by atoms with Gasteiger partial charge >= 0.3 is 0 Å². The van der Waals surface area contributed by atoms with E-state index in [2.05, 4.69) is 51.2 Å². The summed E-state index contributed by atoms with van der Waals surface area (Å²) in [6, 6.07) is 15.7. The molecule has 1 N–H and O–H groups in total. The highest BCUT2D eigenvalue weighted by Gasteiger charge is 2.21. The number of benzene rings is 2. The number of aliphatic imine (C=N–C) groups is 1. The predicted molar refractivity (Wildman–Crippen MR) is 124 cm³/mol. The third-order valence-corrected chi connectivity index (χ3v) is 5.83. The Kier molecular flexibility index (Phi) is 7.25. The van der Waals surface area contributed by atoms with Crippen LogP contribution in [0.3, 0.4) is 0 Å². The predicted octanol–water partition coefficient (Wildman–Crippen LogP) is 2.95. The highest BCUT2D eigenvalue weighted by molar-refractivity contribution is 5.80. The summed E-state index contributed by atoms with van der Waals surface area (Å²) in [5.41, 5.74) is 3.12. The normalized spacial score (nSPS) is 17.7. The van der Waals surface area contributed by atoms with Crippen LogP contribution in [0.15, 0.2) is 53.5 Å². The first-order valence-corrected chi connectivity index (χ1v) is 11.2. The van der Waals surface area contributed by atoms with Gasteiger partial charge in [0.2, 0.25) is 0 Å². The molecule has 0 atom stereocenters. The first-order valence-electron chi connectivity index (χ1n) is 11.2. The Morgan fingerprint density at radius 1 is 0.935 bits per heavy atom. The van der Waals surface area contributed by atoms with Crippen molar-refractivity contribution in [3.8, 4) is 0 Å². The molecule has 6 nitrogen and oxygen atoms in total. The topological polar surface area (TPSA) is 43.3 Å². The number of rotatable bonds is 5. The van der Waals surface area contributed by atoms with Gasteiger partial charge in [0.25, 0.3) is 0 Å². The zero-order valence-electron chi connectivity index (χ0n) is 18.3. The van der Waals surface area contributed by atoms with Gasteiger partial charge in [-0.2, -0.15) is 0 Å². The molecule has 7 heteroatoms. The van der Waals surface area contributed by atoms with Crippen molar-refractivity contribution in [2.24, 2.45) is 4.99 Å². The van der Waals surface area contributed by atoms with Crippen molar-refractivity contribution in [1.82, 2.24) is 10.2 Å². The quantitative estimate of drug-likeness (QED) is 0.589. The van der Waals surface area contributed by atoms with E-state index in [0.717, 1.165) is 65.0 Å². The van der Waals surface area contributed by atoms with Gasteiger partial charge in [-0.1, -0.05) is 24.3 Å². The lowest BCUT2D eigenvalue weighted by Crippen LogP contribution is -2.52. The summed E-state index contributed by atoms with van der Waals surface area (Å²) in [6.45, 7) is 10.2. The van der Waals surface area contributed by atoms with Crippen LogP contribution in [-0.4, -0.2) is 69.9 Å². The lowest BCUT2D eigenvalue weighted by molar-refractivity contribution is 0.122. The van der Waals surface area contributed by atoms with E-state index in [4.69, 9.17) is 9.73 Å². The van der Waals surface area contributed by atoms with Gasteiger partial charge < -0.3 is 24.8 Å². The van der Waals surface area contributed by atoms with Gasteiger partial charge in [-0.3, -0.25) is 0 Å². The van der Waals surface area contributed by atoms with E-state index in [0.29, 0.717) is 12.2 Å².